The van der Waals surface area contributed by atoms with Gasteiger partial charge in [0.2, 0.25) is 0 Å². The van der Waals surface area contributed by atoms with Crippen molar-refractivity contribution >= 4 is 58.9 Å². The van der Waals surface area contributed by atoms with Crippen LogP contribution in [0.1, 0.15) is 75.1 Å². The second-order valence-corrected chi connectivity index (χ2v) is 23.9. The van der Waals surface area contributed by atoms with Crippen LogP contribution in [0.2, 0.25) is 0 Å². The highest BCUT2D eigenvalue weighted by Gasteiger charge is 2.48. The Hall–Kier alpha value is -4.34. The molecule has 0 bridgehead atoms. The zero-order valence-electron chi connectivity index (χ0n) is 32.3. The van der Waals surface area contributed by atoms with Crippen molar-refractivity contribution in [3.63, 3.8) is 0 Å². The number of hydrogen-bond donors (Lipinski definition) is 0. The first-order valence-electron chi connectivity index (χ1n) is 19.7. The summed E-state index contributed by atoms with van der Waals surface area (Å²) in [5, 5.41) is 11.1. The Morgan fingerprint density at radius 2 is 0.648 bits per heavy atom. The van der Waals surface area contributed by atoms with Crippen molar-refractivity contribution in [3.8, 4) is 22.3 Å². The quantitative estimate of drug-likeness (QED) is 0.147. The van der Waals surface area contributed by atoms with Gasteiger partial charge >= 0.3 is 0 Å². The van der Waals surface area contributed by atoms with Crippen LogP contribution in [0.25, 0.3) is 65.3 Å². The van der Waals surface area contributed by atoms with E-state index in [-0.39, 0.29) is 10.3 Å². The van der Waals surface area contributed by atoms with Crippen LogP contribution >= 0.6 is 15.8 Å². The van der Waals surface area contributed by atoms with Gasteiger partial charge in [0.1, 0.15) is 0 Å². The largest absolute Gasteiger partial charge is 0.0880 e. The third-order valence-corrected chi connectivity index (χ3v) is 20.0. The summed E-state index contributed by atoms with van der Waals surface area (Å²) in [4.78, 5) is 0. The van der Waals surface area contributed by atoms with Gasteiger partial charge in [-0.15, -0.1) is 0 Å². The van der Waals surface area contributed by atoms with Gasteiger partial charge in [0, 0.05) is 11.3 Å². The van der Waals surface area contributed by atoms with E-state index in [0.29, 0.717) is 11.3 Å². The second kappa shape index (κ2) is 12.6. The maximum Gasteiger partial charge on any atom is 0.0165 e. The Bertz CT molecular complexity index is 2580. The normalized spacial score (nSPS) is 19.9. The Balaban J connectivity index is 1.38. The summed E-state index contributed by atoms with van der Waals surface area (Å²) in [6.07, 6.45) is 2.24. The summed E-state index contributed by atoms with van der Waals surface area (Å²) < 4.78 is 0. The molecule has 0 saturated carbocycles. The van der Waals surface area contributed by atoms with Crippen molar-refractivity contribution in [3.05, 3.63) is 168 Å². The van der Waals surface area contributed by atoms with Crippen molar-refractivity contribution in [1.82, 2.24) is 0 Å². The lowest BCUT2D eigenvalue weighted by molar-refractivity contribution is 0.723. The van der Waals surface area contributed by atoms with E-state index < -0.39 is 15.8 Å². The highest BCUT2D eigenvalue weighted by molar-refractivity contribution is 7.63. The summed E-state index contributed by atoms with van der Waals surface area (Å²) in [5.41, 5.74) is 12.8. The molecule has 10 rings (SSSR count). The summed E-state index contributed by atoms with van der Waals surface area (Å²) >= 11 is 0. The van der Waals surface area contributed by atoms with Gasteiger partial charge in [-0.25, -0.2) is 0 Å². The maximum atomic E-state index is 2.59. The van der Waals surface area contributed by atoms with E-state index in [1.807, 2.05) is 0 Å². The minimum Gasteiger partial charge on any atom is -0.0880 e. The minimum absolute atomic E-state index is 0.123. The van der Waals surface area contributed by atoms with E-state index in [1.54, 1.807) is 11.1 Å². The molecule has 0 aromatic heterocycles. The Morgan fingerprint density at radius 3 is 0.981 bits per heavy atom. The van der Waals surface area contributed by atoms with Crippen LogP contribution < -0.4 is 0 Å². The molecule has 0 nitrogen and oxygen atoms in total. The van der Waals surface area contributed by atoms with Crippen LogP contribution in [0.5, 0.6) is 0 Å². The molecule has 2 heterocycles. The molecule has 2 aliphatic heterocycles. The molecule has 54 heavy (non-hydrogen) atoms. The van der Waals surface area contributed by atoms with Crippen molar-refractivity contribution in [2.45, 2.75) is 75.5 Å². The number of fused-ring (bicyclic) bond motifs is 14. The lowest BCUT2D eigenvalue weighted by atomic mass is 9.83. The summed E-state index contributed by atoms with van der Waals surface area (Å²) in [5.74, 6) is 0. The van der Waals surface area contributed by atoms with E-state index in [0.717, 1.165) is 12.3 Å². The van der Waals surface area contributed by atoms with Crippen LogP contribution in [0, 0.1) is 0 Å². The van der Waals surface area contributed by atoms with Gasteiger partial charge in [-0.3, -0.25) is 0 Å². The zero-order chi connectivity index (χ0) is 36.9. The first-order chi connectivity index (χ1) is 26.1. The predicted molar refractivity (Wildman–Crippen MR) is 240 cm³/mol. The van der Waals surface area contributed by atoms with Crippen LogP contribution in [0.4, 0.5) is 0 Å². The van der Waals surface area contributed by atoms with E-state index in [1.165, 1.54) is 76.5 Å². The SMILES string of the molecule is CC(C)(C)[P@]1Cc2ccc3ccccc3c2-c2c(ccc3ccccc23)C1[C@@H]1c2ccc3ccccc3c2-c2c(ccc3ccccc23)C[P@@]1C(C)(C)C. The van der Waals surface area contributed by atoms with Crippen LogP contribution in [0.15, 0.2) is 146 Å². The summed E-state index contributed by atoms with van der Waals surface area (Å²) in [6, 6.07) is 56.5. The molecular formula is C52H48P2. The van der Waals surface area contributed by atoms with Gasteiger partial charge in [-0.05, 0) is 110 Å². The van der Waals surface area contributed by atoms with Crippen molar-refractivity contribution in [2.24, 2.45) is 0 Å². The van der Waals surface area contributed by atoms with Crippen LogP contribution in [0.3, 0.4) is 0 Å². The Labute approximate surface area is 323 Å². The van der Waals surface area contributed by atoms with Gasteiger partial charge < -0.3 is 0 Å². The standard InChI is InChI=1S/C52H48P2/c1-51(2,3)53-31-37-25-23-33-15-7-11-19-39(33)45(37)47-41-21-13-9-17-35(41)27-29-43(47)49(53)50-44-30-28-36-18-10-14-22-42(36)48(44)46-38(32-54(50)52(4,5)6)26-24-34-16-8-12-20-40(34)46/h7-30,49-50H,31-32H2,1-6H3/t49-,50?,53+,54+/m0/s1. The second-order valence-electron chi connectivity index (χ2n) is 17.6. The fourth-order valence-corrected chi connectivity index (χ4v) is 17.3. The molecule has 0 amide bonds. The van der Waals surface area contributed by atoms with Gasteiger partial charge in [-0.2, -0.15) is 0 Å². The number of benzene rings is 8. The van der Waals surface area contributed by atoms with Gasteiger partial charge in [-0.1, -0.05) is 203 Å². The molecule has 2 heteroatoms. The molecule has 0 N–H and O–H groups in total. The van der Waals surface area contributed by atoms with Crippen LogP contribution in [-0.4, -0.2) is 10.3 Å². The predicted octanol–water partition coefficient (Wildman–Crippen LogP) is 16.0. The van der Waals surface area contributed by atoms with Crippen molar-refractivity contribution < 1.29 is 0 Å². The summed E-state index contributed by atoms with van der Waals surface area (Å²) in [6.45, 7) is 15.3. The first-order valence-corrected chi connectivity index (χ1v) is 22.9. The minimum atomic E-state index is -0.557. The zero-order valence-corrected chi connectivity index (χ0v) is 34.1. The average molecular weight is 735 g/mol. The topological polar surface area (TPSA) is 0 Å². The van der Waals surface area contributed by atoms with E-state index in [2.05, 4.69) is 187 Å². The van der Waals surface area contributed by atoms with E-state index >= 15 is 0 Å². The molecule has 266 valence electrons. The van der Waals surface area contributed by atoms with E-state index in [4.69, 9.17) is 0 Å². The van der Waals surface area contributed by atoms with Crippen molar-refractivity contribution in [1.29, 1.82) is 0 Å². The summed E-state index contributed by atoms with van der Waals surface area (Å²) in [7, 11) is -1.11. The van der Waals surface area contributed by atoms with Crippen molar-refractivity contribution in [2.75, 3.05) is 0 Å². The molecule has 0 aliphatic carbocycles. The Morgan fingerprint density at radius 1 is 0.352 bits per heavy atom. The fraction of sp³-hybridized carbons (Fsp3) is 0.231. The average Bonchev–Trinajstić information content (AvgIpc) is 3.43. The maximum absolute atomic E-state index is 2.59. The smallest absolute Gasteiger partial charge is 0.0165 e. The van der Waals surface area contributed by atoms with Gasteiger partial charge in [0.05, 0.1) is 0 Å². The van der Waals surface area contributed by atoms with Gasteiger partial charge in [0.25, 0.3) is 0 Å². The molecule has 8 aromatic rings. The monoisotopic (exact) mass is 734 g/mol. The number of rotatable bonds is 1. The molecular weight excluding hydrogens is 687 g/mol. The highest BCUT2D eigenvalue weighted by atomic mass is 31.1. The first kappa shape index (κ1) is 34.2. The lowest BCUT2D eigenvalue weighted by Crippen LogP contribution is -2.25. The van der Waals surface area contributed by atoms with Crippen LogP contribution in [-0.2, 0) is 12.3 Å². The third kappa shape index (κ3) is 5.32. The molecule has 4 atom stereocenters. The fourth-order valence-electron chi connectivity index (χ4n) is 10.0. The molecule has 8 aromatic carbocycles. The molecule has 2 aliphatic rings. The number of hydrogen-bond acceptors (Lipinski definition) is 0. The molecule has 1 unspecified atom stereocenters. The highest BCUT2D eigenvalue weighted by Crippen LogP contribution is 2.79. The molecule has 0 fully saturated rings. The third-order valence-electron chi connectivity index (χ3n) is 12.5. The molecule has 0 radical (unpaired) electrons. The molecule has 0 spiro atoms. The van der Waals surface area contributed by atoms with E-state index in [9.17, 15) is 0 Å². The van der Waals surface area contributed by atoms with Gasteiger partial charge in [0.15, 0.2) is 0 Å². The Kier molecular flexibility index (Phi) is 7.97. The lowest BCUT2D eigenvalue weighted by Gasteiger charge is -2.48. The molecule has 0 saturated heterocycles.